The van der Waals surface area contributed by atoms with E-state index >= 15 is 0 Å². The molecule has 0 spiro atoms. The van der Waals surface area contributed by atoms with Crippen molar-refractivity contribution in [2.45, 2.75) is 24.9 Å². The van der Waals surface area contributed by atoms with Crippen LogP contribution in [0.25, 0.3) is 16.6 Å². The number of piperazine rings is 1. The number of methoxy groups -OCH3 is 1. The number of nitrogens with zero attached hydrogens (tertiary/aromatic N) is 7. The molecule has 2 unspecified atom stereocenters. The van der Waals surface area contributed by atoms with E-state index in [1.165, 1.54) is 0 Å². The van der Waals surface area contributed by atoms with Gasteiger partial charge < -0.3 is 19.3 Å². The van der Waals surface area contributed by atoms with Gasteiger partial charge in [0.15, 0.2) is 0 Å². The highest BCUT2D eigenvalue weighted by Crippen LogP contribution is 2.36. The molecule has 7 heterocycles. The van der Waals surface area contributed by atoms with E-state index in [1.807, 2.05) is 23.1 Å². The largest absolute Gasteiger partial charge is 0.491 e. The van der Waals surface area contributed by atoms with Crippen molar-refractivity contribution in [3.8, 4) is 41.2 Å². The summed E-state index contributed by atoms with van der Waals surface area (Å²) in [6, 6.07) is 11.8. The number of hydrogen-bond acceptors (Lipinski definition) is 8. The zero-order valence-corrected chi connectivity index (χ0v) is 21.3. The lowest BCUT2D eigenvalue weighted by Gasteiger charge is -2.56. The van der Waals surface area contributed by atoms with E-state index in [9.17, 15) is 10.1 Å². The molecule has 2 atom stereocenters. The minimum atomic E-state index is -0.00294. The van der Waals surface area contributed by atoms with Gasteiger partial charge in [0, 0.05) is 49.1 Å². The molecule has 0 radical (unpaired) electrons. The maximum absolute atomic E-state index is 13.1. The topological polar surface area (TPSA) is 109 Å². The van der Waals surface area contributed by atoms with E-state index in [2.05, 4.69) is 27.0 Å². The number of aromatic nitrogens is 4. The van der Waals surface area contributed by atoms with Crippen molar-refractivity contribution in [1.29, 1.82) is 5.26 Å². The quantitative estimate of drug-likeness (QED) is 0.271. The second kappa shape index (κ2) is 9.99. The van der Waals surface area contributed by atoms with Crippen LogP contribution in [0.2, 0.25) is 0 Å². The summed E-state index contributed by atoms with van der Waals surface area (Å²) in [5.41, 5.74) is 3.37. The van der Waals surface area contributed by atoms with Gasteiger partial charge in [-0.25, -0.2) is 14.5 Å². The number of rotatable bonds is 7. The highest BCUT2D eigenvalue weighted by atomic mass is 16.5. The van der Waals surface area contributed by atoms with Crippen LogP contribution in [-0.2, 0) is 0 Å². The molecule has 1 amide bonds. The summed E-state index contributed by atoms with van der Waals surface area (Å²) in [5.74, 6) is 4.50. The molecule has 194 valence electrons. The Morgan fingerprint density at radius 1 is 1.15 bits per heavy atom. The monoisotopic (exact) mass is 519 g/mol. The lowest BCUT2D eigenvalue weighted by atomic mass is 9.86. The Labute approximate surface area is 225 Å². The van der Waals surface area contributed by atoms with Crippen LogP contribution in [0.4, 0.5) is 5.82 Å². The number of pyridine rings is 3. The minimum absolute atomic E-state index is 0.00294. The van der Waals surface area contributed by atoms with Crippen molar-refractivity contribution in [3.63, 3.8) is 0 Å². The van der Waals surface area contributed by atoms with Crippen molar-refractivity contribution >= 4 is 17.2 Å². The molecule has 0 saturated carbocycles. The number of piperidine rings is 1. The number of amides is 1. The third kappa shape index (κ3) is 4.36. The molecular formula is C29H25N7O3. The van der Waals surface area contributed by atoms with Crippen LogP contribution in [0.5, 0.6) is 11.6 Å². The first-order valence-corrected chi connectivity index (χ1v) is 12.6. The molecule has 4 aromatic heterocycles. The van der Waals surface area contributed by atoms with Crippen LogP contribution in [0, 0.1) is 23.7 Å². The standard InChI is InChI=1S/C29H25N7O3/c1-3-4-9-39-24-11-25(28-21(12-30)15-33-35(28)18-24)19-5-7-26(31-13-19)34-16-22-10-23(17-34)36(22)29(37)20-6-8-27(38-2)32-14-20/h1,5-8,11,13-15,18,22-23H,4,9-10,16-17H2,2H3. The van der Waals surface area contributed by atoms with Gasteiger partial charge in [0.25, 0.3) is 5.91 Å². The normalized spacial score (nSPS) is 17.7. The number of terminal acetylenes is 1. The Kier molecular flexibility index (Phi) is 6.22. The van der Waals surface area contributed by atoms with Gasteiger partial charge in [-0.3, -0.25) is 4.79 Å². The molecule has 3 fully saturated rings. The summed E-state index contributed by atoms with van der Waals surface area (Å²) in [5, 5.41) is 13.9. The van der Waals surface area contributed by atoms with E-state index in [-0.39, 0.29) is 18.0 Å². The zero-order chi connectivity index (χ0) is 26.9. The molecule has 10 nitrogen and oxygen atoms in total. The zero-order valence-electron chi connectivity index (χ0n) is 21.3. The lowest BCUT2D eigenvalue weighted by Crippen LogP contribution is -2.70. The Hall–Kier alpha value is -5.09. The van der Waals surface area contributed by atoms with Gasteiger partial charge >= 0.3 is 0 Å². The van der Waals surface area contributed by atoms with Gasteiger partial charge in [-0.2, -0.15) is 10.4 Å². The Morgan fingerprint density at radius 2 is 2.00 bits per heavy atom. The number of hydrogen-bond donors (Lipinski definition) is 0. The minimum Gasteiger partial charge on any atom is -0.491 e. The molecule has 3 saturated heterocycles. The molecule has 3 aliphatic heterocycles. The second-order valence-electron chi connectivity index (χ2n) is 9.51. The van der Waals surface area contributed by atoms with Gasteiger partial charge in [-0.15, -0.1) is 12.3 Å². The third-order valence-corrected chi connectivity index (χ3v) is 7.23. The van der Waals surface area contributed by atoms with Crippen LogP contribution >= 0.6 is 0 Å². The van der Waals surface area contributed by atoms with Crippen molar-refractivity contribution in [3.05, 3.63) is 66.2 Å². The smallest absolute Gasteiger partial charge is 0.256 e. The highest BCUT2D eigenvalue weighted by molar-refractivity contribution is 5.95. The van der Waals surface area contributed by atoms with Crippen LogP contribution in [0.1, 0.15) is 28.8 Å². The van der Waals surface area contributed by atoms with Crippen molar-refractivity contribution in [2.75, 3.05) is 31.7 Å². The molecule has 7 rings (SSSR count). The molecule has 4 aromatic rings. The Balaban J connectivity index is 1.20. The van der Waals surface area contributed by atoms with Crippen molar-refractivity contribution in [2.24, 2.45) is 0 Å². The fourth-order valence-corrected chi connectivity index (χ4v) is 5.34. The van der Waals surface area contributed by atoms with E-state index < -0.39 is 0 Å². The SMILES string of the molecule is C#CCCOc1cc(-c2ccc(N3CC4CC(C3)N4C(=O)c3ccc(OC)nc3)nc2)c2c(C#N)cnn2c1. The molecular weight excluding hydrogens is 494 g/mol. The molecule has 0 aliphatic carbocycles. The van der Waals surface area contributed by atoms with E-state index in [0.717, 1.165) is 23.4 Å². The first-order valence-electron chi connectivity index (χ1n) is 12.6. The second-order valence-corrected chi connectivity index (χ2v) is 9.51. The summed E-state index contributed by atoms with van der Waals surface area (Å²) < 4.78 is 12.6. The molecule has 10 heteroatoms. The number of fused-ring (bicyclic) bond motifs is 3. The molecule has 0 N–H and O–H groups in total. The van der Waals surface area contributed by atoms with Gasteiger partial charge in [0.05, 0.1) is 54.8 Å². The van der Waals surface area contributed by atoms with E-state index in [4.69, 9.17) is 20.9 Å². The van der Waals surface area contributed by atoms with Gasteiger partial charge in [0.1, 0.15) is 17.6 Å². The number of ether oxygens (including phenoxy) is 2. The van der Waals surface area contributed by atoms with Crippen LogP contribution in [0.15, 0.2) is 55.1 Å². The average Bonchev–Trinajstić information content (AvgIpc) is 3.40. The van der Waals surface area contributed by atoms with E-state index in [1.54, 1.807) is 48.5 Å². The van der Waals surface area contributed by atoms with Crippen molar-refractivity contribution < 1.29 is 14.3 Å². The number of nitriles is 1. The van der Waals surface area contributed by atoms with Crippen LogP contribution in [-0.4, -0.2) is 69.3 Å². The van der Waals surface area contributed by atoms with Gasteiger partial charge in [0.2, 0.25) is 5.88 Å². The van der Waals surface area contributed by atoms with E-state index in [0.29, 0.717) is 54.4 Å². The number of carbonyl (C=O) groups excluding carboxylic acids is 1. The molecule has 39 heavy (non-hydrogen) atoms. The van der Waals surface area contributed by atoms with Crippen molar-refractivity contribution in [1.82, 2.24) is 24.5 Å². The predicted octanol–water partition coefficient (Wildman–Crippen LogP) is 3.18. The summed E-state index contributed by atoms with van der Waals surface area (Å²) in [6.07, 6.45) is 13.5. The number of anilines is 1. The predicted molar refractivity (Wildman–Crippen MR) is 143 cm³/mol. The maximum Gasteiger partial charge on any atom is 0.256 e. The third-order valence-electron chi connectivity index (χ3n) is 7.23. The Morgan fingerprint density at radius 3 is 2.67 bits per heavy atom. The summed E-state index contributed by atoms with van der Waals surface area (Å²) in [4.78, 5) is 26.2. The summed E-state index contributed by atoms with van der Waals surface area (Å²) in [7, 11) is 1.55. The van der Waals surface area contributed by atoms with Gasteiger partial charge in [-0.1, -0.05) is 0 Å². The first-order chi connectivity index (χ1) is 19.1. The lowest BCUT2D eigenvalue weighted by molar-refractivity contribution is 0.00572. The summed E-state index contributed by atoms with van der Waals surface area (Å²) >= 11 is 0. The van der Waals surface area contributed by atoms with Crippen LogP contribution in [0.3, 0.4) is 0 Å². The average molecular weight is 520 g/mol. The molecule has 3 aliphatic rings. The highest BCUT2D eigenvalue weighted by Gasteiger charge is 2.47. The maximum atomic E-state index is 13.1. The number of carbonyl (C=O) groups is 1. The fourth-order valence-electron chi connectivity index (χ4n) is 5.34. The first kappa shape index (κ1) is 24.3. The molecule has 2 bridgehead atoms. The van der Waals surface area contributed by atoms with Crippen LogP contribution < -0.4 is 14.4 Å². The Bertz CT molecular complexity index is 1600. The fraction of sp³-hybridized carbons (Fsp3) is 0.276. The summed E-state index contributed by atoms with van der Waals surface area (Å²) in [6.45, 7) is 1.81. The molecule has 0 aromatic carbocycles. The van der Waals surface area contributed by atoms with Gasteiger partial charge in [-0.05, 0) is 30.7 Å².